The Balaban J connectivity index is 1.80. The summed E-state index contributed by atoms with van der Waals surface area (Å²) in [6.45, 7) is 3.13. The first kappa shape index (κ1) is 14.1. The molecule has 0 amide bonds. The minimum atomic E-state index is -0.634. The highest BCUT2D eigenvalue weighted by Gasteiger charge is 2.07. The molecule has 5 heteroatoms. The average Bonchev–Trinajstić information content (AvgIpc) is 2.87. The number of benzene rings is 1. The maximum atomic E-state index is 12.8. The molecule has 0 saturated heterocycles. The molecule has 0 radical (unpaired) electrons. The first-order valence-corrected chi connectivity index (χ1v) is 7.14. The van der Waals surface area contributed by atoms with Gasteiger partial charge >= 0.3 is 0 Å². The van der Waals surface area contributed by atoms with Crippen molar-refractivity contribution < 1.29 is 9.50 Å². The molecule has 0 fully saturated rings. The molecule has 1 aromatic heterocycles. The van der Waals surface area contributed by atoms with Crippen molar-refractivity contribution >= 4 is 11.3 Å². The molecule has 0 saturated carbocycles. The molecular formula is C14H17FN2OS. The van der Waals surface area contributed by atoms with Crippen LogP contribution in [0.1, 0.15) is 29.3 Å². The maximum absolute atomic E-state index is 12.8. The highest BCUT2D eigenvalue weighted by Crippen LogP contribution is 2.13. The SMILES string of the molecule is CCc1nc(CNCC(O)c2ccc(F)cc2)cs1. The first-order chi connectivity index (χ1) is 9.19. The number of halogens is 1. The number of hydrogen-bond donors (Lipinski definition) is 2. The van der Waals surface area contributed by atoms with Crippen LogP contribution in [0.5, 0.6) is 0 Å². The van der Waals surface area contributed by atoms with Crippen molar-refractivity contribution in [1.82, 2.24) is 10.3 Å². The number of nitrogens with one attached hydrogen (secondary N) is 1. The summed E-state index contributed by atoms with van der Waals surface area (Å²) in [6, 6.07) is 5.90. The van der Waals surface area contributed by atoms with Gasteiger partial charge in [-0.25, -0.2) is 9.37 Å². The Kier molecular flexibility index (Phi) is 5.01. The normalized spacial score (nSPS) is 12.6. The second-order valence-corrected chi connectivity index (χ2v) is 5.23. The molecule has 0 aliphatic carbocycles. The Morgan fingerprint density at radius 2 is 2.11 bits per heavy atom. The minimum Gasteiger partial charge on any atom is -0.387 e. The monoisotopic (exact) mass is 280 g/mol. The molecule has 2 N–H and O–H groups in total. The van der Waals surface area contributed by atoms with E-state index in [1.807, 2.05) is 5.38 Å². The van der Waals surface area contributed by atoms with E-state index >= 15 is 0 Å². The van der Waals surface area contributed by atoms with Gasteiger partial charge in [-0.2, -0.15) is 0 Å². The van der Waals surface area contributed by atoms with E-state index in [-0.39, 0.29) is 5.82 Å². The summed E-state index contributed by atoms with van der Waals surface area (Å²) in [5.74, 6) is -0.293. The van der Waals surface area contributed by atoms with Crippen molar-refractivity contribution in [3.8, 4) is 0 Å². The Hall–Kier alpha value is -1.30. The summed E-state index contributed by atoms with van der Waals surface area (Å²) >= 11 is 1.65. The number of nitrogens with zero attached hydrogens (tertiary/aromatic N) is 1. The van der Waals surface area contributed by atoms with Crippen LogP contribution in [0, 0.1) is 5.82 Å². The fraction of sp³-hybridized carbons (Fsp3) is 0.357. The molecule has 1 heterocycles. The molecule has 1 atom stereocenters. The van der Waals surface area contributed by atoms with Crippen molar-refractivity contribution in [1.29, 1.82) is 0 Å². The van der Waals surface area contributed by atoms with Gasteiger partial charge in [-0.05, 0) is 24.1 Å². The van der Waals surface area contributed by atoms with Gasteiger partial charge in [0.05, 0.1) is 16.8 Å². The molecule has 1 aromatic carbocycles. The molecule has 19 heavy (non-hydrogen) atoms. The highest BCUT2D eigenvalue weighted by molar-refractivity contribution is 7.09. The van der Waals surface area contributed by atoms with Crippen LogP contribution >= 0.6 is 11.3 Å². The quantitative estimate of drug-likeness (QED) is 0.855. The molecular weight excluding hydrogens is 263 g/mol. The van der Waals surface area contributed by atoms with Gasteiger partial charge in [0, 0.05) is 18.5 Å². The van der Waals surface area contributed by atoms with Crippen LogP contribution in [-0.2, 0) is 13.0 Å². The Labute approximate surface area is 116 Å². The summed E-state index contributed by atoms with van der Waals surface area (Å²) in [7, 11) is 0. The molecule has 0 aliphatic heterocycles. The molecule has 3 nitrogen and oxygen atoms in total. The van der Waals surface area contributed by atoms with Gasteiger partial charge in [0.25, 0.3) is 0 Å². The van der Waals surface area contributed by atoms with E-state index in [0.717, 1.165) is 17.1 Å². The molecule has 0 bridgehead atoms. The summed E-state index contributed by atoms with van der Waals surface area (Å²) in [5.41, 5.74) is 1.70. The van der Waals surface area contributed by atoms with E-state index in [9.17, 15) is 9.50 Å². The highest BCUT2D eigenvalue weighted by atomic mass is 32.1. The van der Waals surface area contributed by atoms with E-state index in [2.05, 4.69) is 17.2 Å². The number of aliphatic hydroxyl groups is 1. The van der Waals surface area contributed by atoms with Crippen molar-refractivity contribution in [3.63, 3.8) is 0 Å². The third kappa shape index (κ3) is 4.09. The van der Waals surface area contributed by atoms with Crippen molar-refractivity contribution in [2.75, 3.05) is 6.54 Å². The average molecular weight is 280 g/mol. The van der Waals surface area contributed by atoms with Gasteiger partial charge in [-0.3, -0.25) is 0 Å². The number of rotatable bonds is 6. The van der Waals surface area contributed by atoms with E-state index in [1.165, 1.54) is 12.1 Å². The van der Waals surface area contributed by atoms with Gasteiger partial charge in [0.15, 0.2) is 0 Å². The lowest BCUT2D eigenvalue weighted by Crippen LogP contribution is -2.21. The third-order valence-corrected chi connectivity index (χ3v) is 3.84. The number of aromatic nitrogens is 1. The maximum Gasteiger partial charge on any atom is 0.123 e. The van der Waals surface area contributed by atoms with Gasteiger partial charge in [-0.1, -0.05) is 19.1 Å². The van der Waals surface area contributed by atoms with Gasteiger partial charge in [-0.15, -0.1) is 11.3 Å². The molecule has 1 unspecified atom stereocenters. The number of aliphatic hydroxyl groups excluding tert-OH is 1. The van der Waals surface area contributed by atoms with Crippen LogP contribution < -0.4 is 5.32 Å². The second kappa shape index (κ2) is 6.75. The Morgan fingerprint density at radius 1 is 1.37 bits per heavy atom. The smallest absolute Gasteiger partial charge is 0.123 e. The van der Waals surface area contributed by atoms with E-state index in [1.54, 1.807) is 23.5 Å². The standard InChI is InChI=1S/C14H17FN2OS/c1-2-14-17-12(9-19-14)7-16-8-13(18)10-3-5-11(15)6-4-10/h3-6,9,13,16,18H,2,7-8H2,1H3. The van der Waals surface area contributed by atoms with Gasteiger partial charge < -0.3 is 10.4 Å². The van der Waals surface area contributed by atoms with Crippen LogP contribution in [-0.4, -0.2) is 16.6 Å². The summed E-state index contributed by atoms with van der Waals surface area (Å²) in [4.78, 5) is 4.43. The second-order valence-electron chi connectivity index (χ2n) is 4.28. The number of thiazole rings is 1. The fourth-order valence-electron chi connectivity index (χ4n) is 1.73. The molecule has 2 aromatic rings. The predicted molar refractivity (Wildman–Crippen MR) is 74.6 cm³/mol. The van der Waals surface area contributed by atoms with Gasteiger partial charge in [0.2, 0.25) is 0 Å². The fourth-order valence-corrected chi connectivity index (χ4v) is 2.48. The summed E-state index contributed by atoms with van der Waals surface area (Å²) < 4.78 is 12.8. The van der Waals surface area contributed by atoms with E-state index in [4.69, 9.17) is 0 Å². The lowest BCUT2D eigenvalue weighted by atomic mass is 10.1. The van der Waals surface area contributed by atoms with Crippen LogP contribution in [0.2, 0.25) is 0 Å². The zero-order valence-corrected chi connectivity index (χ0v) is 11.6. The molecule has 2 rings (SSSR count). The van der Waals surface area contributed by atoms with Crippen LogP contribution in [0.25, 0.3) is 0 Å². The third-order valence-electron chi connectivity index (χ3n) is 2.80. The lowest BCUT2D eigenvalue weighted by molar-refractivity contribution is 0.174. The predicted octanol–water partition coefficient (Wildman–Crippen LogP) is 2.67. The minimum absolute atomic E-state index is 0.293. The van der Waals surface area contributed by atoms with Crippen LogP contribution in [0.15, 0.2) is 29.6 Å². The van der Waals surface area contributed by atoms with E-state index < -0.39 is 6.10 Å². The van der Waals surface area contributed by atoms with Crippen molar-refractivity contribution in [3.05, 3.63) is 51.7 Å². The lowest BCUT2D eigenvalue weighted by Gasteiger charge is -2.11. The molecule has 0 aliphatic rings. The molecule has 0 spiro atoms. The topological polar surface area (TPSA) is 45.2 Å². The zero-order valence-electron chi connectivity index (χ0n) is 10.8. The number of hydrogen-bond acceptors (Lipinski definition) is 4. The van der Waals surface area contributed by atoms with Crippen molar-refractivity contribution in [2.45, 2.75) is 26.0 Å². The summed E-state index contributed by atoms with van der Waals surface area (Å²) in [6.07, 6.45) is 0.313. The molecule has 102 valence electrons. The van der Waals surface area contributed by atoms with E-state index in [0.29, 0.717) is 18.7 Å². The van der Waals surface area contributed by atoms with Crippen LogP contribution in [0.4, 0.5) is 4.39 Å². The Morgan fingerprint density at radius 3 is 2.74 bits per heavy atom. The number of aryl methyl sites for hydroxylation is 1. The largest absolute Gasteiger partial charge is 0.387 e. The van der Waals surface area contributed by atoms with Gasteiger partial charge in [0.1, 0.15) is 5.82 Å². The summed E-state index contributed by atoms with van der Waals surface area (Å²) in [5, 5.41) is 16.2. The van der Waals surface area contributed by atoms with Crippen molar-refractivity contribution in [2.24, 2.45) is 0 Å². The van der Waals surface area contributed by atoms with Crippen LogP contribution in [0.3, 0.4) is 0 Å². The zero-order chi connectivity index (χ0) is 13.7. The Bertz CT molecular complexity index is 512. The first-order valence-electron chi connectivity index (χ1n) is 6.26.